The van der Waals surface area contributed by atoms with Gasteiger partial charge in [0.2, 0.25) is 5.09 Å². The van der Waals surface area contributed by atoms with Gasteiger partial charge in [-0.2, -0.15) is 12.8 Å². The number of benzene rings is 2. The first-order valence-electron chi connectivity index (χ1n) is 9.77. The average Bonchev–Trinajstić information content (AvgIpc) is 3.59. The molecule has 0 bridgehead atoms. The van der Waals surface area contributed by atoms with E-state index in [-0.39, 0.29) is 20.6 Å². The Bertz CT molecular complexity index is 1710. The number of hydrogen-bond acceptors (Lipinski definition) is 9. The van der Waals surface area contributed by atoms with E-state index in [0.29, 0.717) is 26.0 Å². The van der Waals surface area contributed by atoms with Crippen molar-refractivity contribution in [3.05, 3.63) is 77.9 Å². The summed E-state index contributed by atoms with van der Waals surface area (Å²) in [5.74, 6) is 6.41. The number of para-hydroxylation sites is 1. The van der Waals surface area contributed by atoms with Crippen molar-refractivity contribution in [1.29, 1.82) is 0 Å². The second-order valence-corrected chi connectivity index (χ2v) is 12.3. The summed E-state index contributed by atoms with van der Waals surface area (Å²) in [7, 11) is -8.52. The maximum absolute atomic E-state index is 13.2. The van der Waals surface area contributed by atoms with Gasteiger partial charge < -0.3 is 8.94 Å². The molecule has 0 aliphatic rings. The molecule has 10 nitrogen and oxygen atoms in total. The van der Waals surface area contributed by atoms with E-state index in [1.165, 1.54) is 36.5 Å². The Morgan fingerprint density at radius 1 is 1.00 bits per heavy atom. The van der Waals surface area contributed by atoms with E-state index < -0.39 is 25.1 Å². The quantitative estimate of drug-likeness (QED) is 0.219. The van der Waals surface area contributed by atoms with E-state index in [0.717, 1.165) is 11.3 Å². The predicted octanol–water partition coefficient (Wildman–Crippen LogP) is 4.67. The van der Waals surface area contributed by atoms with Crippen LogP contribution in [-0.4, -0.2) is 22.0 Å². The number of hydrogen-bond donors (Lipinski definition) is 2. The van der Waals surface area contributed by atoms with Crippen LogP contribution in [0, 0.1) is 0 Å². The Morgan fingerprint density at radius 2 is 1.80 bits per heavy atom. The number of halogens is 1. The van der Waals surface area contributed by atoms with Crippen LogP contribution >= 0.6 is 22.9 Å². The number of hydrazine groups is 1. The monoisotopic (exact) mass is 550 g/mol. The largest absolute Gasteiger partial charge is 0.443 e. The number of rotatable bonds is 7. The van der Waals surface area contributed by atoms with E-state index in [4.69, 9.17) is 26.4 Å². The molecule has 5 aromatic rings. The number of anilines is 2. The summed E-state index contributed by atoms with van der Waals surface area (Å²) in [6.07, 6.45) is 1.44. The number of thiophene rings is 1. The van der Waals surface area contributed by atoms with Gasteiger partial charge in [-0.1, -0.05) is 35.0 Å². The minimum atomic E-state index is -4.40. The molecule has 5 rings (SSSR count). The number of furan rings is 1. The van der Waals surface area contributed by atoms with Crippen molar-refractivity contribution in [3.8, 4) is 10.6 Å². The van der Waals surface area contributed by atoms with Crippen molar-refractivity contribution in [2.45, 2.75) is 9.30 Å². The molecule has 0 aliphatic heterocycles. The summed E-state index contributed by atoms with van der Waals surface area (Å²) < 4.78 is 65.9. The normalized spacial score (nSPS) is 12.2. The standard InChI is InChI=1S/C21H15ClN4O6S3/c22-14-5-6-15(25-34(27,28)21-8-7-19(33-21)18-9-10-24-32-18)16(12-14)26(23)35(29,30)20-11-13-3-1-2-4-17(13)31-20/h1-12,25H,23H2. The molecule has 0 amide bonds. The van der Waals surface area contributed by atoms with Gasteiger partial charge in [0.1, 0.15) is 9.79 Å². The zero-order valence-electron chi connectivity index (χ0n) is 17.5. The highest BCUT2D eigenvalue weighted by Crippen LogP contribution is 2.36. The Balaban J connectivity index is 1.50. The maximum atomic E-state index is 13.2. The molecule has 0 aliphatic carbocycles. The lowest BCUT2D eigenvalue weighted by atomic mass is 10.3. The van der Waals surface area contributed by atoms with Crippen LogP contribution in [0.15, 0.2) is 91.2 Å². The topological polar surface area (TPSA) is 149 Å². The third kappa shape index (κ3) is 4.39. The van der Waals surface area contributed by atoms with Gasteiger partial charge in [-0.3, -0.25) is 4.72 Å². The second kappa shape index (κ2) is 8.70. The second-order valence-electron chi connectivity index (χ2n) is 7.17. The predicted molar refractivity (Wildman–Crippen MR) is 132 cm³/mol. The summed E-state index contributed by atoms with van der Waals surface area (Å²) in [5, 5.41) is 3.90. The van der Waals surface area contributed by atoms with Gasteiger partial charge in [0.15, 0.2) is 5.76 Å². The van der Waals surface area contributed by atoms with Gasteiger partial charge in [-0.15, -0.1) is 11.3 Å². The third-order valence-corrected chi connectivity index (χ3v) is 9.50. The van der Waals surface area contributed by atoms with Crippen molar-refractivity contribution >= 4 is 65.3 Å². The zero-order chi connectivity index (χ0) is 24.8. The molecule has 2 aromatic carbocycles. The fraction of sp³-hybridized carbons (Fsp3) is 0. The van der Waals surface area contributed by atoms with Gasteiger partial charge in [-0.05, 0) is 36.4 Å². The first-order chi connectivity index (χ1) is 16.6. The molecule has 0 fully saturated rings. The van der Waals surface area contributed by atoms with Gasteiger partial charge in [-0.25, -0.2) is 14.3 Å². The Labute approximate surface area is 208 Å². The maximum Gasteiger partial charge on any atom is 0.311 e. The van der Waals surface area contributed by atoms with Crippen LogP contribution in [0.25, 0.3) is 21.6 Å². The lowest BCUT2D eigenvalue weighted by Crippen LogP contribution is -2.38. The fourth-order valence-electron chi connectivity index (χ4n) is 3.22. The van der Waals surface area contributed by atoms with E-state index in [2.05, 4.69) is 9.88 Å². The molecule has 3 heterocycles. The first-order valence-corrected chi connectivity index (χ1v) is 13.9. The number of aromatic nitrogens is 1. The molecule has 3 aromatic heterocycles. The molecule has 14 heteroatoms. The van der Waals surface area contributed by atoms with Gasteiger partial charge in [0.05, 0.1) is 22.4 Å². The average molecular weight is 551 g/mol. The molecule has 0 saturated heterocycles. The van der Waals surface area contributed by atoms with Crippen molar-refractivity contribution in [2.75, 3.05) is 9.14 Å². The highest BCUT2D eigenvalue weighted by atomic mass is 35.5. The van der Waals surface area contributed by atoms with Crippen LogP contribution in [-0.2, 0) is 20.0 Å². The highest BCUT2D eigenvalue weighted by Gasteiger charge is 2.30. The summed E-state index contributed by atoms with van der Waals surface area (Å²) >= 11 is 7.03. The van der Waals surface area contributed by atoms with Crippen LogP contribution in [0.1, 0.15) is 0 Å². The lowest BCUT2D eigenvalue weighted by molar-refractivity contribution is 0.433. The number of nitrogens with zero attached hydrogens (tertiary/aromatic N) is 2. The van der Waals surface area contributed by atoms with Gasteiger partial charge in [0.25, 0.3) is 10.0 Å². The van der Waals surface area contributed by atoms with Crippen molar-refractivity contribution < 1.29 is 25.8 Å². The van der Waals surface area contributed by atoms with Crippen LogP contribution in [0.5, 0.6) is 0 Å². The van der Waals surface area contributed by atoms with E-state index in [1.54, 1.807) is 36.4 Å². The van der Waals surface area contributed by atoms with E-state index in [9.17, 15) is 16.8 Å². The number of fused-ring (bicyclic) bond motifs is 1. The van der Waals surface area contributed by atoms with Gasteiger partial charge >= 0.3 is 10.0 Å². The Hall–Kier alpha value is -3.36. The smallest absolute Gasteiger partial charge is 0.311 e. The SMILES string of the molecule is NN(c1cc(Cl)ccc1NS(=O)(=O)c1ccc(-c2ccno2)s1)S(=O)(=O)c1cc2ccccc2o1. The highest BCUT2D eigenvalue weighted by molar-refractivity contribution is 7.94. The molecule has 0 radical (unpaired) electrons. The Kier molecular flexibility index (Phi) is 5.81. The molecule has 180 valence electrons. The minimum Gasteiger partial charge on any atom is -0.443 e. The molecule has 3 N–H and O–H groups in total. The molecular formula is C21H15ClN4O6S3. The van der Waals surface area contributed by atoms with Crippen molar-refractivity contribution in [1.82, 2.24) is 5.16 Å². The number of sulfonamides is 2. The number of nitrogens with one attached hydrogen (secondary N) is 1. The minimum absolute atomic E-state index is 0.0338. The van der Waals surface area contributed by atoms with E-state index in [1.807, 2.05) is 0 Å². The Morgan fingerprint density at radius 3 is 2.54 bits per heavy atom. The summed E-state index contributed by atoms with van der Waals surface area (Å²) in [4.78, 5) is 0.548. The molecule has 0 saturated carbocycles. The summed E-state index contributed by atoms with van der Waals surface area (Å²) in [5.41, 5.74) is 0.0477. The molecule has 0 spiro atoms. The van der Waals surface area contributed by atoms with Crippen LogP contribution in [0.3, 0.4) is 0 Å². The third-order valence-electron chi connectivity index (χ3n) is 4.88. The molecule has 35 heavy (non-hydrogen) atoms. The van der Waals surface area contributed by atoms with Crippen molar-refractivity contribution in [3.63, 3.8) is 0 Å². The van der Waals surface area contributed by atoms with Gasteiger partial charge in [0, 0.05) is 22.5 Å². The van der Waals surface area contributed by atoms with Crippen LogP contribution in [0.4, 0.5) is 11.4 Å². The lowest BCUT2D eigenvalue weighted by Gasteiger charge is -2.21. The van der Waals surface area contributed by atoms with Crippen LogP contribution < -0.4 is 15.0 Å². The molecule has 0 atom stereocenters. The zero-order valence-corrected chi connectivity index (χ0v) is 20.7. The summed E-state index contributed by atoms with van der Waals surface area (Å²) in [6.45, 7) is 0. The van der Waals surface area contributed by atoms with Crippen LogP contribution in [0.2, 0.25) is 5.02 Å². The molecular weight excluding hydrogens is 536 g/mol. The summed E-state index contributed by atoms with van der Waals surface area (Å²) in [6, 6.07) is 16.6. The van der Waals surface area contributed by atoms with E-state index >= 15 is 0 Å². The van der Waals surface area contributed by atoms with Crippen molar-refractivity contribution in [2.24, 2.45) is 5.84 Å². The number of nitrogens with two attached hydrogens (primary N) is 1. The fourth-order valence-corrected chi connectivity index (χ4v) is 6.80. The molecule has 0 unspecified atom stereocenters. The first kappa shape index (κ1) is 23.4.